The van der Waals surface area contributed by atoms with E-state index >= 15 is 0 Å². The molecule has 0 aliphatic heterocycles. The lowest BCUT2D eigenvalue weighted by Crippen LogP contribution is -2.59. The molecule has 60 heavy (non-hydrogen) atoms. The Kier molecular flexibility index (Phi) is 14.3. The molecule has 0 spiro atoms. The summed E-state index contributed by atoms with van der Waals surface area (Å²) in [6, 6.07) is 38.5. The molecular formula is C48H46N4O8. The average Bonchev–Trinajstić information content (AvgIpc) is 3.24. The highest BCUT2D eigenvalue weighted by molar-refractivity contribution is 5.96. The highest BCUT2D eigenvalue weighted by atomic mass is 16.4. The maximum atomic E-state index is 14.4. The molecule has 306 valence electrons. The first-order chi connectivity index (χ1) is 29.0. The van der Waals surface area contributed by atoms with Gasteiger partial charge in [-0.1, -0.05) is 127 Å². The van der Waals surface area contributed by atoms with Gasteiger partial charge < -0.3 is 36.6 Å². The van der Waals surface area contributed by atoms with Crippen LogP contribution in [0.1, 0.15) is 27.8 Å². The van der Waals surface area contributed by atoms with E-state index in [4.69, 9.17) is 0 Å². The van der Waals surface area contributed by atoms with Crippen molar-refractivity contribution in [2.75, 3.05) is 0 Å². The van der Waals surface area contributed by atoms with E-state index in [1.165, 1.54) is 24.3 Å². The molecule has 6 rings (SSSR count). The van der Waals surface area contributed by atoms with Gasteiger partial charge in [0.25, 0.3) is 0 Å². The van der Waals surface area contributed by atoms with Gasteiger partial charge in [0.15, 0.2) is 0 Å². The number of aromatic hydroxyl groups is 2. The van der Waals surface area contributed by atoms with E-state index in [0.29, 0.717) is 16.7 Å². The van der Waals surface area contributed by atoms with E-state index in [-0.39, 0.29) is 43.6 Å². The SMILES string of the molecule is O=C(Cc1ccc2ccccc2c1)N[C@@H](Cc1ccccc1)C(=O)N[C@@H](Cc1ccccc1)C(=O)N[C@@H](Cc1ccc(O)cc1)C(=O)N[C@@H](Cc1ccc(O)cc1)C(=O)O. The molecule has 0 saturated heterocycles. The van der Waals surface area contributed by atoms with Crippen LogP contribution in [0.25, 0.3) is 10.8 Å². The van der Waals surface area contributed by atoms with Crippen molar-refractivity contribution < 1.29 is 39.3 Å². The lowest BCUT2D eigenvalue weighted by atomic mass is 10.00. The summed E-state index contributed by atoms with van der Waals surface area (Å²) in [5, 5.41) is 42.7. The Hall–Kier alpha value is -7.47. The van der Waals surface area contributed by atoms with Crippen LogP contribution < -0.4 is 21.3 Å². The van der Waals surface area contributed by atoms with E-state index in [9.17, 15) is 39.3 Å². The lowest BCUT2D eigenvalue weighted by molar-refractivity contribution is -0.142. The molecule has 7 N–H and O–H groups in total. The number of phenolic OH excluding ortho intramolecular Hbond substituents is 2. The Labute approximate surface area is 347 Å². The lowest BCUT2D eigenvalue weighted by Gasteiger charge is -2.26. The minimum atomic E-state index is -1.39. The fourth-order valence-electron chi connectivity index (χ4n) is 6.86. The standard InChI is InChI=1S/C48H46N4O8/c53-38-21-16-33(17-22-38)28-42(47(58)52-43(48(59)60)29-34-18-23-39(54)24-19-34)51-46(57)41(27-32-11-5-2-6-12-32)50-45(56)40(26-31-9-3-1-4-10-31)49-44(55)30-35-15-20-36-13-7-8-14-37(36)25-35/h1-25,40-43,53-54H,26-30H2,(H,49,55)(H,50,56)(H,51,57)(H,52,58)(H,59,60)/t40-,41-,42-,43-/m0/s1. The molecule has 0 bridgehead atoms. The predicted octanol–water partition coefficient (Wildman–Crippen LogP) is 4.79. The van der Waals surface area contributed by atoms with Gasteiger partial charge in [-0.05, 0) is 62.9 Å². The highest BCUT2D eigenvalue weighted by Crippen LogP contribution is 2.17. The Balaban J connectivity index is 1.24. The van der Waals surface area contributed by atoms with Crippen LogP contribution in [0.15, 0.2) is 152 Å². The molecular weight excluding hydrogens is 761 g/mol. The molecule has 12 nitrogen and oxygen atoms in total. The van der Waals surface area contributed by atoms with Crippen LogP contribution in [0.3, 0.4) is 0 Å². The molecule has 4 atom stereocenters. The minimum absolute atomic E-state index is 0.00161. The van der Waals surface area contributed by atoms with Gasteiger partial charge in [0.1, 0.15) is 35.7 Å². The van der Waals surface area contributed by atoms with Crippen molar-refractivity contribution >= 4 is 40.4 Å². The van der Waals surface area contributed by atoms with Crippen molar-refractivity contribution in [1.82, 2.24) is 21.3 Å². The first-order valence-electron chi connectivity index (χ1n) is 19.5. The molecule has 0 radical (unpaired) electrons. The average molecular weight is 807 g/mol. The van der Waals surface area contributed by atoms with Crippen molar-refractivity contribution in [3.63, 3.8) is 0 Å². The molecule has 6 aromatic carbocycles. The number of aliphatic carboxylic acids is 1. The number of hydrogen-bond donors (Lipinski definition) is 7. The Bertz CT molecular complexity index is 2410. The Morgan fingerprint density at radius 1 is 0.400 bits per heavy atom. The number of carbonyl (C=O) groups excluding carboxylic acids is 4. The summed E-state index contributed by atoms with van der Waals surface area (Å²) in [5.74, 6) is -3.86. The van der Waals surface area contributed by atoms with Gasteiger partial charge in [0.05, 0.1) is 6.42 Å². The zero-order valence-corrected chi connectivity index (χ0v) is 32.7. The molecule has 0 aliphatic carbocycles. The van der Waals surface area contributed by atoms with Gasteiger partial charge in [-0.2, -0.15) is 0 Å². The number of phenols is 2. The van der Waals surface area contributed by atoms with Crippen molar-refractivity contribution in [3.05, 3.63) is 179 Å². The molecule has 0 fully saturated rings. The number of amides is 4. The predicted molar refractivity (Wildman–Crippen MR) is 227 cm³/mol. The number of benzene rings is 6. The van der Waals surface area contributed by atoms with E-state index < -0.39 is 53.8 Å². The molecule has 0 saturated carbocycles. The van der Waals surface area contributed by atoms with Crippen molar-refractivity contribution in [1.29, 1.82) is 0 Å². The second-order valence-corrected chi connectivity index (χ2v) is 14.6. The molecule has 0 heterocycles. The molecule has 0 aromatic heterocycles. The quantitative estimate of drug-likeness (QED) is 0.0645. The van der Waals surface area contributed by atoms with Gasteiger partial charge in [-0.3, -0.25) is 19.2 Å². The van der Waals surface area contributed by atoms with Gasteiger partial charge in [0.2, 0.25) is 23.6 Å². The number of carbonyl (C=O) groups is 5. The summed E-state index contributed by atoms with van der Waals surface area (Å²) in [5.41, 5.74) is 3.34. The summed E-state index contributed by atoms with van der Waals surface area (Å²) >= 11 is 0. The summed E-state index contributed by atoms with van der Waals surface area (Å²) in [7, 11) is 0. The van der Waals surface area contributed by atoms with E-state index in [2.05, 4.69) is 21.3 Å². The van der Waals surface area contributed by atoms with Crippen LogP contribution in [-0.2, 0) is 56.1 Å². The molecule has 0 unspecified atom stereocenters. The maximum absolute atomic E-state index is 14.4. The van der Waals surface area contributed by atoms with Gasteiger partial charge in [0, 0.05) is 25.7 Å². The zero-order valence-electron chi connectivity index (χ0n) is 32.7. The third kappa shape index (κ3) is 12.3. The summed E-state index contributed by atoms with van der Waals surface area (Å²) in [6.07, 6.45) is -0.0391. The molecule has 6 aromatic rings. The molecule has 4 amide bonds. The number of carboxylic acids is 1. The minimum Gasteiger partial charge on any atom is -0.508 e. The van der Waals surface area contributed by atoms with Gasteiger partial charge in [-0.25, -0.2) is 4.79 Å². The van der Waals surface area contributed by atoms with Crippen molar-refractivity contribution in [2.45, 2.75) is 56.3 Å². The third-order valence-corrected chi connectivity index (χ3v) is 10.0. The van der Waals surface area contributed by atoms with Crippen LogP contribution in [-0.4, -0.2) is 69.1 Å². The third-order valence-electron chi connectivity index (χ3n) is 10.0. The van der Waals surface area contributed by atoms with E-state index in [1.807, 2.05) is 78.9 Å². The molecule has 0 aliphatic rings. The van der Waals surface area contributed by atoms with E-state index in [0.717, 1.165) is 21.9 Å². The van der Waals surface area contributed by atoms with Crippen LogP contribution >= 0.6 is 0 Å². The fourth-order valence-corrected chi connectivity index (χ4v) is 6.86. The van der Waals surface area contributed by atoms with Crippen LogP contribution in [0.2, 0.25) is 0 Å². The summed E-state index contributed by atoms with van der Waals surface area (Å²) < 4.78 is 0. The zero-order chi connectivity index (χ0) is 42.4. The maximum Gasteiger partial charge on any atom is 0.326 e. The largest absolute Gasteiger partial charge is 0.508 e. The first-order valence-corrected chi connectivity index (χ1v) is 19.5. The normalized spacial score (nSPS) is 12.9. The summed E-state index contributed by atoms with van der Waals surface area (Å²) in [4.78, 5) is 68.5. The van der Waals surface area contributed by atoms with Crippen LogP contribution in [0.5, 0.6) is 11.5 Å². The second-order valence-electron chi connectivity index (χ2n) is 14.6. The topological polar surface area (TPSA) is 194 Å². The van der Waals surface area contributed by atoms with Crippen molar-refractivity contribution in [2.24, 2.45) is 0 Å². The van der Waals surface area contributed by atoms with Crippen LogP contribution in [0.4, 0.5) is 0 Å². The van der Waals surface area contributed by atoms with Crippen molar-refractivity contribution in [3.8, 4) is 11.5 Å². The first kappa shape index (κ1) is 42.1. The Morgan fingerprint density at radius 2 is 0.767 bits per heavy atom. The number of nitrogens with one attached hydrogen (secondary N) is 4. The molecule has 12 heteroatoms. The van der Waals surface area contributed by atoms with E-state index in [1.54, 1.807) is 48.5 Å². The smallest absolute Gasteiger partial charge is 0.326 e. The fraction of sp³-hybridized carbons (Fsp3) is 0.188. The number of carboxylic acid groups (broad SMARTS) is 1. The number of hydrogen-bond acceptors (Lipinski definition) is 7. The van der Waals surface area contributed by atoms with Gasteiger partial charge in [-0.15, -0.1) is 0 Å². The van der Waals surface area contributed by atoms with Gasteiger partial charge >= 0.3 is 5.97 Å². The summed E-state index contributed by atoms with van der Waals surface area (Å²) in [6.45, 7) is 0. The highest BCUT2D eigenvalue weighted by Gasteiger charge is 2.32. The second kappa shape index (κ2) is 20.3. The number of rotatable bonds is 18. The number of fused-ring (bicyclic) bond motifs is 1. The monoisotopic (exact) mass is 806 g/mol. The van der Waals surface area contributed by atoms with Crippen LogP contribution in [0, 0.1) is 0 Å². The Morgan fingerprint density at radius 3 is 1.23 bits per heavy atom.